The molecule has 1 N–H and O–H groups in total. The lowest BCUT2D eigenvalue weighted by atomic mass is 10.1. The summed E-state index contributed by atoms with van der Waals surface area (Å²) in [5.41, 5.74) is 3.40. The summed E-state index contributed by atoms with van der Waals surface area (Å²) in [7, 11) is 5.67. The number of methoxy groups -OCH3 is 1. The maximum absolute atomic E-state index is 11.9. The van der Waals surface area contributed by atoms with Crippen LogP contribution in [0.2, 0.25) is 0 Å². The van der Waals surface area contributed by atoms with Crippen molar-refractivity contribution < 1.29 is 9.53 Å². The van der Waals surface area contributed by atoms with Gasteiger partial charge in [-0.3, -0.25) is 4.79 Å². The summed E-state index contributed by atoms with van der Waals surface area (Å²) in [4.78, 5) is 14.0. The van der Waals surface area contributed by atoms with Gasteiger partial charge in [-0.2, -0.15) is 0 Å². The van der Waals surface area contributed by atoms with Crippen LogP contribution in [-0.4, -0.2) is 27.1 Å². The van der Waals surface area contributed by atoms with Crippen LogP contribution in [0, 0.1) is 0 Å². The monoisotopic (exact) mass is 312 g/mol. The van der Waals surface area contributed by atoms with E-state index in [1.807, 2.05) is 38.4 Å². The second kappa shape index (κ2) is 8.22. The van der Waals surface area contributed by atoms with Crippen molar-refractivity contribution in [3.63, 3.8) is 0 Å². The van der Waals surface area contributed by atoms with Crippen LogP contribution in [0.5, 0.6) is 5.75 Å². The highest BCUT2D eigenvalue weighted by molar-refractivity contribution is 5.76. The van der Waals surface area contributed by atoms with Gasteiger partial charge in [0.05, 0.1) is 7.11 Å². The average molecular weight is 312 g/mol. The molecule has 2 rings (SSSR count). The average Bonchev–Trinajstić information content (AvgIpc) is 2.59. The van der Waals surface area contributed by atoms with Crippen molar-refractivity contribution >= 4 is 11.6 Å². The number of aryl methyl sites for hydroxylation is 1. The number of rotatable bonds is 7. The zero-order valence-electron chi connectivity index (χ0n) is 14.0. The minimum absolute atomic E-state index is 0.0671. The number of hydrogen-bond donors (Lipinski definition) is 1. The molecular weight excluding hydrogens is 288 g/mol. The second-order valence-corrected chi connectivity index (χ2v) is 5.69. The fourth-order valence-electron chi connectivity index (χ4n) is 2.25. The largest absolute Gasteiger partial charge is 0.497 e. The summed E-state index contributed by atoms with van der Waals surface area (Å²) in [6.45, 7) is 0.544. The van der Waals surface area contributed by atoms with Crippen molar-refractivity contribution in [3.05, 3.63) is 59.7 Å². The minimum Gasteiger partial charge on any atom is -0.497 e. The number of amides is 1. The fraction of sp³-hybridized carbons (Fsp3) is 0.316. The molecule has 0 aliphatic carbocycles. The van der Waals surface area contributed by atoms with E-state index in [4.69, 9.17) is 4.74 Å². The Morgan fingerprint density at radius 1 is 1.00 bits per heavy atom. The third kappa shape index (κ3) is 5.33. The first-order chi connectivity index (χ1) is 11.1. The number of benzene rings is 2. The van der Waals surface area contributed by atoms with Crippen molar-refractivity contribution in [1.82, 2.24) is 5.32 Å². The van der Waals surface area contributed by atoms with E-state index in [0.717, 1.165) is 23.4 Å². The third-order valence-electron chi connectivity index (χ3n) is 3.74. The molecule has 0 atom stereocenters. The lowest BCUT2D eigenvalue weighted by molar-refractivity contribution is -0.121. The molecule has 4 heteroatoms. The SMILES string of the molecule is COc1ccc(CNC(=O)CCc2ccc(N(C)C)cc2)cc1. The Labute approximate surface area is 138 Å². The van der Waals surface area contributed by atoms with Crippen molar-refractivity contribution in [2.24, 2.45) is 0 Å². The van der Waals surface area contributed by atoms with E-state index >= 15 is 0 Å². The van der Waals surface area contributed by atoms with Crippen molar-refractivity contribution in [3.8, 4) is 5.75 Å². The van der Waals surface area contributed by atoms with E-state index in [1.54, 1.807) is 7.11 Å². The van der Waals surface area contributed by atoms with E-state index in [9.17, 15) is 4.79 Å². The van der Waals surface area contributed by atoms with Gasteiger partial charge < -0.3 is 15.0 Å². The molecule has 0 bridgehead atoms. The zero-order chi connectivity index (χ0) is 16.7. The molecule has 0 aliphatic rings. The lowest BCUT2D eigenvalue weighted by Crippen LogP contribution is -2.22. The minimum atomic E-state index is 0.0671. The second-order valence-electron chi connectivity index (χ2n) is 5.69. The van der Waals surface area contributed by atoms with Crippen LogP contribution in [0.3, 0.4) is 0 Å². The van der Waals surface area contributed by atoms with Crippen LogP contribution in [0.25, 0.3) is 0 Å². The molecule has 2 aromatic carbocycles. The van der Waals surface area contributed by atoms with Gasteiger partial charge in [-0.1, -0.05) is 24.3 Å². The van der Waals surface area contributed by atoms with Crippen molar-refractivity contribution in [2.75, 3.05) is 26.1 Å². The van der Waals surface area contributed by atoms with Gasteiger partial charge in [-0.25, -0.2) is 0 Å². The standard InChI is InChI=1S/C19H24N2O2/c1-21(2)17-9-4-15(5-10-17)8-13-19(22)20-14-16-6-11-18(23-3)12-7-16/h4-7,9-12H,8,13-14H2,1-3H3,(H,20,22). The van der Waals surface area contributed by atoms with Crippen LogP contribution < -0.4 is 15.0 Å². The lowest BCUT2D eigenvalue weighted by Gasteiger charge is -2.12. The number of carbonyl (C=O) groups excluding carboxylic acids is 1. The van der Waals surface area contributed by atoms with Gasteiger partial charge in [0.2, 0.25) is 5.91 Å². The van der Waals surface area contributed by atoms with Gasteiger partial charge in [0.25, 0.3) is 0 Å². The molecule has 0 spiro atoms. The molecule has 2 aromatic rings. The summed E-state index contributed by atoms with van der Waals surface area (Å²) < 4.78 is 5.12. The molecule has 0 unspecified atom stereocenters. The number of nitrogens with one attached hydrogen (secondary N) is 1. The molecule has 0 radical (unpaired) electrons. The molecule has 4 nitrogen and oxygen atoms in total. The van der Waals surface area contributed by atoms with Crippen LogP contribution >= 0.6 is 0 Å². The number of hydrogen-bond acceptors (Lipinski definition) is 3. The molecule has 0 saturated heterocycles. The van der Waals surface area contributed by atoms with Gasteiger partial charge in [0.15, 0.2) is 0 Å². The Hall–Kier alpha value is -2.49. The van der Waals surface area contributed by atoms with E-state index in [0.29, 0.717) is 13.0 Å². The first-order valence-corrected chi connectivity index (χ1v) is 7.74. The number of ether oxygens (including phenoxy) is 1. The smallest absolute Gasteiger partial charge is 0.220 e. The first kappa shape index (κ1) is 16.9. The van der Waals surface area contributed by atoms with Gasteiger partial charge in [-0.05, 0) is 41.8 Å². The molecule has 0 aromatic heterocycles. The molecule has 0 saturated carbocycles. The highest BCUT2D eigenvalue weighted by Gasteiger charge is 2.03. The van der Waals surface area contributed by atoms with Crippen molar-refractivity contribution in [1.29, 1.82) is 0 Å². The summed E-state index contributed by atoms with van der Waals surface area (Å²) >= 11 is 0. The molecule has 122 valence electrons. The summed E-state index contributed by atoms with van der Waals surface area (Å²) in [5.74, 6) is 0.888. The Balaban J connectivity index is 1.76. The summed E-state index contributed by atoms with van der Waals surface area (Å²) in [5, 5.41) is 2.95. The van der Waals surface area contributed by atoms with Crippen LogP contribution in [0.1, 0.15) is 17.5 Å². The molecule has 23 heavy (non-hydrogen) atoms. The van der Waals surface area contributed by atoms with Gasteiger partial charge in [0, 0.05) is 32.7 Å². The Bertz CT molecular complexity index is 619. The summed E-state index contributed by atoms with van der Waals surface area (Å²) in [6, 6.07) is 16.0. The Morgan fingerprint density at radius 3 is 2.17 bits per heavy atom. The molecule has 0 fully saturated rings. The number of nitrogens with zero attached hydrogens (tertiary/aromatic N) is 1. The Morgan fingerprint density at radius 2 is 1.61 bits per heavy atom. The quantitative estimate of drug-likeness (QED) is 0.854. The first-order valence-electron chi connectivity index (χ1n) is 7.74. The predicted octanol–water partition coefficient (Wildman–Crippen LogP) is 3.01. The fourth-order valence-corrected chi connectivity index (χ4v) is 2.25. The highest BCUT2D eigenvalue weighted by atomic mass is 16.5. The van der Waals surface area contributed by atoms with Gasteiger partial charge in [0.1, 0.15) is 5.75 Å². The van der Waals surface area contributed by atoms with Gasteiger partial charge >= 0.3 is 0 Å². The van der Waals surface area contributed by atoms with Crippen molar-refractivity contribution in [2.45, 2.75) is 19.4 Å². The number of carbonyl (C=O) groups is 1. The van der Waals surface area contributed by atoms with Gasteiger partial charge in [-0.15, -0.1) is 0 Å². The number of anilines is 1. The van der Waals surface area contributed by atoms with E-state index < -0.39 is 0 Å². The maximum Gasteiger partial charge on any atom is 0.220 e. The molecule has 0 aliphatic heterocycles. The predicted molar refractivity (Wildman–Crippen MR) is 93.9 cm³/mol. The topological polar surface area (TPSA) is 41.6 Å². The molecular formula is C19H24N2O2. The zero-order valence-corrected chi connectivity index (χ0v) is 14.0. The third-order valence-corrected chi connectivity index (χ3v) is 3.74. The normalized spacial score (nSPS) is 10.2. The van der Waals surface area contributed by atoms with Crippen LogP contribution in [0.15, 0.2) is 48.5 Å². The van der Waals surface area contributed by atoms with Crippen LogP contribution in [0.4, 0.5) is 5.69 Å². The molecule has 1 amide bonds. The highest BCUT2D eigenvalue weighted by Crippen LogP contribution is 2.14. The summed E-state index contributed by atoms with van der Waals surface area (Å²) in [6.07, 6.45) is 1.25. The van der Waals surface area contributed by atoms with E-state index in [1.165, 1.54) is 5.56 Å². The maximum atomic E-state index is 11.9. The Kier molecular flexibility index (Phi) is 6.03. The van der Waals surface area contributed by atoms with Crippen LogP contribution in [-0.2, 0) is 17.8 Å². The molecule has 0 heterocycles. The van der Waals surface area contributed by atoms with E-state index in [2.05, 4.69) is 34.5 Å². The van der Waals surface area contributed by atoms with E-state index in [-0.39, 0.29) is 5.91 Å².